The van der Waals surface area contributed by atoms with Gasteiger partial charge >= 0.3 is 0 Å². The highest BCUT2D eigenvalue weighted by Gasteiger charge is 2.15. The first-order valence-electron chi connectivity index (χ1n) is 5.33. The van der Waals surface area contributed by atoms with Gasteiger partial charge in [0.05, 0.1) is 6.54 Å². The Balaban J connectivity index is 2.06. The van der Waals surface area contributed by atoms with Gasteiger partial charge < -0.3 is 14.8 Å². The van der Waals surface area contributed by atoms with Crippen LogP contribution in [0.2, 0.25) is 0 Å². The van der Waals surface area contributed by atoms with Crippen LogP contribution < -0.4 is 14.8 Å². The molecule has 4 nitrogen and oxygen atoms in total. The number of Topliss-reactive ketones (excluding diaryl/α,β-unsaturated/α-hetero) is 1. The molecule has 0 radical (unpaired) electrons. The average Bonchev–Trinajstić information content (AvgIpc) is 2.72. The minimum Gasteiger partial charge on any atom is -0.454 e. The molecule has 1 heterocycles. The first-order chi connectivity index (χ1) is 7.66. The quantitative estimate of drug-likeness (QED) is 0.784. The SMILES string of the molecule is CC(C)NCC(=O)c1ccc2c(c1)OCO2. The highest BCUT2D eigenvalue weighted by molar-refractivity contribution is 5.98. The molecule has 1 aromatic carbocycles. The van der Waals surface area contributed by atoms with E-state index in [0.717, 1.165) is 0 Å². The van der Waals surface area contributed by atoms with Crippen molar-refractivity contribution in [3.8, 4) is 11.5 Å². The van der Waals surface area contributed by atoms with Gasteiger partial charge in [-0.05, 0) is 18.2 Å². The van der Waals surface area contributed by atoms with Gasteiger partial charge in [-0.15, -0.1) is 0 Å². The molecule has 0 aliphatic carbocycles. The van der Waals surface area contributed by atoms with Crippen LogP contribution in [0.25, 0.3) is 0 Å². The van der Waals surface area contributed by atoms with Crippen LogP contribution in [0, 0.1) is 0 Å². The molecule has 0 saturated heterocycles. The smallest absolute Gasteiger partial charge is 0.231 e. The zero-order valence-electron chi connectivity index (χ0n) is 9.45. The number of ether oxygens (including phenoxy) is 2. The molecular formula is C12H15NO3. The maximum Gasteiger partial charge on any atom is 0.231 e. The van der Waals surface area contributed by atoms with Gasteiger partial charge in [-0.3, -0.25) is 4.79 Å². The third-order valence-corrected chi connectivity index (χ3v) is 2.37. The predicted molar refractivity (Wildman–Crippen MR) is 60.0 cm³/mol. The average molecular weight is 221 g/mol. The van der Waals surface area contributed by atoms with Gasteiger partial charge in [0.15, 0.2) is 17.3 Å². The van der Waals surface area contributed by atoms with Crippen LogP contribution in [0.1, 0.15) is 24.2 Å². The largest absolute Gasteiger partial charge is 0.454 e. The minimum absolute atomic E-state index is 0.0620. The fraction of sp³-hybridized carbons (Fsp3) is 0.417. The second-order valence-corrected chi connectivity index (χ2v) is 4.03. The number of benzene rings is 1. The van der Waals surface area contributed by atoms with E-state index in [1.807, 2.05) is 13.8 Å². The predicted octanol–water partition coefficient (Wildman–Crippen LogP) is 1.60. The summed E-state index contributed by atoms with van der Waals surface area (Å²) in [6, 6.07) is 5.56. The van der Waals surface area contributed by atoms with Gasteiger partial charge in [0.1, 0.15) is 0 Å². The molecule has 4 heteroatoms. The Morgan fingerprint density at radius 1 is 1.38 bits per heavy atom. The summed E-state index contributed by atoms with van der Waals surface area (Å²) in [4.78, 5) is 11.8. The van der Waals surface area contributed by atoms with Crippen molar-refractivity contribution in [3.63, 3.8) is 0 Å². The Labute approximate surface area is 94.6 Å². The molecule has 0 atom stereocenters. The van der Waals surface area contributed by atoms with Crippen LogP contribution in [0.15, 0.2) is 18.2 Å². The van der Waals surface area contributed by atoms with E-state index in [1.165, 1.54) is 0 Å². The van der Waals surface area contributed by atoms with Crippen molar-refractivity contribution in [2.45, 2.75) is 19.9 Å². The topological polar surface area (TPSA) is 47.6 Å². The summed E-state index contributed by atoms with van der Waals surface area (Å²) in [6.45, 7) is 4.59. The Morgan fingerprint density at radius 3 is 2.88 bits per heavy atom. The summed E-state index contributed by atoms with van der Waals surface area (Å²) in [5.74, 6) is 1.41. The lowest BCUT2D eigenvalue weighted by atomic mass is 10.1. The number of ketones is 1. The molecule has 1 aliphatic rings. The number of rotatable bonds is 4. The molecule has 1 N–H and O–H groups in total. The molecule has 16 heavy (non-hydrogen) atoms. The second kappa shape index (κ2) is 4.53. The maximum absolute atomic E-state index is 11.8. The third kappa shape index (κ3) is 2.33. The molecule has 0 spiro atoms. The lowest BCUT2D eigenvalue weighted by Crippen LogP contribution is -2.29. The van der Waals surface area contributed by atoms with Crippen molar-refractivity contribution in [2.75, 3.05) is 13.3 Å². The Bertz CT molecular complexity index is 401. The van der Waals surface area contributed by atoms with Crippen LogP contribution in [0.4, 0.5) is 0 Å². The fourth-order valence-electron chi connectivity index (χ4n) is 1.47. The molecule has 0 aromatic heterocycles. The number of hydrogen-bond acceptors (Lipinski definition) is 4. The van der Waals surface area contributed by atoms with Crippen LogP contribution in [-0.4, -0.2) is 25.2 Å². The Morgan fingerprint density at radius 2 is 2.12 bits per heavy atom. The molecule has 0 amide bonds. The van der Waals surface area contributed by atoms with Crippen molar-refractivity contribution in [3.05, 3.63) is 23.8 Å². The lowest BCUT2D eigenvalue weighted by molar-refractivity contribution is 0.0988. The van der Waals surface area contributed by atoms with Gasteiger partial charge in [0.2, 0.25) is 6.79 Å². The van der Waals surface area contributed by atoms with E-state index in [-0.39, 0.29) is 12.6 Å². The van der Waals surface area contributed by atoms with Crippen LogP contribution >= 0.6 is 0 Å². The standard InChI is InChI=1S/C12H15NO3/c1-8(2)13-6-10(14)9-3-4-11-12(5-9)16-7-15-11/h3-5,8,13H,6-7H2,1-2H3. The van der Waals surface area contributed by atoms with Crippen molar-refractivity contribution < 1.29 is 14.3 Å². The van der Waals surface area contributed by atoms with Crippen LogP contribution in [0.5, 0.6) is 11.5 Å². The van der Waals surface area contributed by atoms with Crippen LogP contribution in [0.3, 0.4) is 0 Å². The van der Waals surface area contributed by atoms with Crippen LogP contribution in [-0.2, 0) is 0 Å². The molecule has 86 valence electrons. The molecular weight excluding hydrogens is 206 g/mol. The zero-order chi connectivity index (χ0) is 11.5. The highest BCUT2D eigenvalue weighted by atomic mass is 16.7. The number of carbonyl (C=O) groups excluding carboxylic acids is 1. The summed E-state index contributed by atoms with van der Waals surface area (Å²) in [5, 5.41) is 3.09. The van der Waals surface area contributed by atoms with Gasteiger partial charge in [0, 0.05) is 11.6 Å². The molecule has 0 fully saturated rings. The molecule has 0 saturated carbocycles. The normalized spacial score (nSPS) is 13.2. The van der Waals surface area contributed by atoms with Gasteiger partial charge in [-0.1, -0.05) is 13.8 Å². The highest BCUT2D eigenvalue weighted by Crippen LogP contribution is 2.32. The number of carbonyl (C=O) groups is 1. The maximum atomic E-state index is 11.8. The summed E-state index contributed by atoms with van der Waals surface area (Å²) >= 11 is 0. The Hall–Kier alpha value is -1.55. The number of hydrogen-bond donors (Lipinski definition) is 1. The summed E-state index contributed by atoms with van der Waals surface area (Å²) < 4.78 is 10.4. The molecule has 1 aromatic rings. The molecule has 0 bridgehead atoms. The molecule has 1 aliphatic heterocycles. The van der Waals surface area contributed by atoms with Crippen molar-refractivity contribution in [2.24, 2.45) is 0 Å². The van der Waals surface area contributed by atoms with E-state index in [4.69, 9.17) is 9.47 Å². The van der Waals surface area contributed by atoms with E-state index in [9.17, 15) is 4.79 Å². The molecule has 2 rings (SSSR count). The minimum atomic E-state index is 0.0620. The number of fused-ring (bicyclic) bond motifs is 1. The van der Waals surface area contributed by atoms with Crippen molar-refractivity contribution in [1.29, 1.82) is 0 Å². The second-order valence-electron chi connectivity index (χ2n) is 4.03. The van der Waals surface area contributed by atoms with E-state index < -0.39 is 0 Å². The first-order valence-corrected chi connectivity index (χ1v) is 5.33. The first kappa shape index (κ1) is 11.0. The van der Waals surface area contributed by atoms with E-state index in [2.05, 4.69) is 5.32 Å². The molecule has 0 unspecified atom stereocenters. The lowest BCUT2D eigenvalue weighted by Gasteiger charge is -2.07. The van der Waals surface area contributed by atoms with Gasteiger partial charge in [0.25, 0.3) is 0 Å². The van der Waals surface area contributed by atoms with Gasteiger partial charge in [-0.2, -0.15) is 0 Å². The van der Waals surface area contributed by atoms with E-state index in [1.54, 1.807) is 18.2 Å². The van der Waals surface area contributed by atoms with Gasteiger partial charge in [-0.25, -0.2) is 0 Å². The van der Waals surface area contributed by atoms with E-state index >= 15 is 0 Å². The van der Waals surface area contributed by atoms with Crippen molar-refractivity contribution >= 4 is 5.78 Å². The Kier molecular flexibility index (Phi) is 3.10. The van der Waals surface area contributed by atoms with Crippen molar-refractivity contribution in [1.82, 2.24) is 5.32 Å². The number of nitrogens with one attached hydrogen (secondary N) is 1. The third-order valence-electron chi connectivity index (χ3n) is 2.37. The fourth-order valence-corrected chi connectivity index (χ4v) is 1.47. The zero-order valence-corrected chi connectivity index (χ0v) is 9.45. The summed E-state index contributed by atoms with van der Waals surface area (Å²) in [5.41, 5.74) is 0.650. The van der Waals surface area contributed by atoms with E-state index in [0.29, 0.717) is 29.6 Å². The summed E-state index contributed by atoms with van der Waals surface area (Å²) in [6.07, 6.45) is 0. The monoisotopic (exact) mass is 221 g/mol. The summed E-state index contributed by atoms with van der Waals surface area (Å²) in [7, 11) is 0.